The summed E-state index contributed by atoms with van der Waals surface area (Å²) in [5.74, 6) is 0. The van der Waals surface area contributed by atoms with Crippen molar-refractivity contribution in [3.63, 3.8) is 0 Å². The molecule has 0 bridgehead atoms. The molecule has 0 spiro atoms. The second-order valence-corrected chi connectivity index (χ2v) is 1.59. The Hall–Kier alpha value is -0.780. The van der Waals surface area contributed by atoms with Gasteiger partial charge in [0.15, 0.2) is 0 Å². The lowest BCUT2D eigenvalue weighted by molar-refractivity contribution is 1.22. The normalized spacial score (nSPS) is 9.62. The van der Waals surface area contributed by atoms with Crippen molar-refractivity contribution in [1.29, 1.82) is 0 Å². The molecule has 0 aromatic heterocycles. The molecule has 0 aromatic rings. The van der Waals surface area contributed by atoms with Crippen LogP contribution in [0.1, 0.15) is 13.3 Å². The van der Waals surface area contributed by atoms with E-state index < -0.39 is 0 Å². The maximum absolute atomic E-state index is 3.71. The Morgan fingerprint density at radius 1 is 1.62 bits per heavy atom. The summed E-state index contributed by atoms with van der Waals surface area (Å²) < 4.78 is 0. The van der Waals surface area contributed by atoms with Gasteiger partial charge in [0, 0.05) is 0 Å². The topological polar surface area (TPSA) is 0 Å². The average molecular weight is 108 g/mol. The van der Waals surface area contributed by atoms with E-state index in [2.05, 4.69) is 26.2 Å². The molecule has 0 aliphatic rings. The fourth-order valence-corrected chi connectivity index (χ4v) is 0.337. The standard InChI is InChI=1S/C8H12/c1-4-6-7-8(3)5-2/h5-7H,2-4H2,1H3/b7-6-. The number of hydrogen-bond acceptors (Lipinski definition) is 0. The average Bonchev–Trinajstić information content (AvgIpc) is 1.83. The zero-order valence-corrected chi connectivity index (χ0v) is 5.35. The van der Waals surface area contributed by atoms with E-state index >= 15 is 0 Å². The van der Waals surface area contributed by atoms with Crippen LogP contribution in [0.5, 0.6) is 0 Å². The van der Waals surface area contributed by atoms with Crippen molar-refractivity contribution in [1.82, 2.24) is 0 Å². The molecule has 0 aliphatic carbocycles. The van der Waals surface area contributed by atoms with Crippen molar-refractivity contribution >= 4 is 0 Å². The monoisotopic (exact) mass is 108 g/mol. The molecule has 0 saturated carbocycles. The van der Waals surface area contributed by atoms with E-state index in [9.17, 15) is 0 Å². The third-order valence-electron chi connectivity index (χ3n) is 0.830. The summed E-state index contributed by atoms with van der Waals surface area (Å²) in [4.78, 5) is 0. The lowest BCUT2D eigenvalue weighted by atomic mass is 10.2. The van der Waals surface area contributed by atoms with Crippen LogP contribution in [0.2, 0.25) is 0 Å². The quantitative estimate of drug-likeness (QED) is 0.487. The third-order valence-corrected chi connectivity index (χ3v) is 0.830. The Balaban J connectivity index is 3.52. The summed E-state index contributed by atoms with van der Waals surface area (Å²) in [5.41, 5.74) is 0.979. The van der Waals surface area contributed by atoms with Gasteiger partial charge >= 0.3 is 0 Å². The Labute approximate surface area is 51.2 Å². The Kier molecular flexibility index (Phi) is 3.95. The van der Waals surface area contributed by atoms with Crippen LogP contribution in [-0.2, 0) is 0 Å². The smallest absolute Gasteiger partial charge is 0.0338 e. The van der Waals surface area contributed by atoms with Crippen molar-refractivity contribution < 1.29 is 0 Å². The lowest BCUT2D eigenvalue weighted by Gasteiger charge is -1.82. The second-order valence-electron chi connectivity index (χ2n) is 1.59. The van der Waals surface area contributed by atoms with E-state index in [0.29, 0.717) is 0 Å². The predicted molar refractivity (Wildman–Crippen MR) is 38.8 cm³/mol. The molecule has 0 aliphatic heterocycles. The molecule has 0 fully saturated rings. The van der Waals surface area contributed by atoms with Crippen molar-refractivity contribution in [2.24, 2.45) is 0 Å². The van der Waals surface area contributed by atoms with Crippen LogP contribution in [0.3, 0.4) is 0 Å². The Morgan fingerprint density at radius 3 is 2.62 bits per heavy atom. The summed E-state index contributed by atoms with van der Waals surface area (Å²) in [6.45, 7) is 9.36. The van der Waals surface area contributed by atoms with Gasteiger partial charge in [-0.2, -0.15) is 0 Å². The van der Waals surface area contributed by atoms with E-state index in [1.807, 2.05) is 6.08 Å². The van der Waals surface area contributed by atoms with Crippen LogP contribution in [0.4, 0.5) is 0 Å². The molecule has 0 rings (SSSR count). The van der Waals surface area contributed by atoms with E-state index in [-0.39, 0.29) is 0 Å². The van der Waals surface area contributed by atoms with Gasteiger partial charge in [-0.15, -0.1) is 0 Å². The first-order valence-electron chi connectivity index (χ1n) is 2.79. The summed E-state index contributed by atoms with van der Waals surface area (Å²) in [7, 11) is 0. The SMILES string of the molecule is C=CC(=C)/C=C\CC. The second kappa shape index (κ2) is 4.38. The van der Waals surface area contributed by atoms with Crippen molar-refractivity contribution in [3.8, 4) is 0 Å². The lowest BCUT2D eigenvalue weighted by Crippen LogP contribution is -1.61. The molecule has 0 nitrogen and oxygen atoms in total. The van der Waals surface area contributed by atoms with Crippen molar-refractivity contribution in [2.45, 2.75) is 13.3 Å². The Bertz CT molecular complexity index is 107. The fraction of sp³-hybridized carbons (Fsp3) is 0.250. The van der Waals surface area contributed by atoms with Gasteiger partial charge in [-0.25, -0.2) is 0 Å². The van der Waals surface area contributed by atoms with Gasteiger partial charge in [0.25, 0.3) is 0 Å². The van der Waals surface area contributed by atoms with Gasteiger partial charge in [0.05, 0.1) is 0 Å². The first-order valence-corrected chi connectivity index (χ1v) is 2.79. The first-order chi connectivity index (χ1) is 3.81. The van der Waals surface area contributed by atoms with Crippen molar-refractivity contribution in [3.05, 3.63) is 37.0 Å². The molecular formula is C8H12. The highest BCUT2D eigenvalue weighted by molar-refractivity contribution is 5.24. The molecule has 0 heteroatoms. The molecular weight excluding hydrogens is 96.1 g/mol. The van der Waals surface area contributed by atoms with Gasteiger partial charge in [-0.1, -0.05) is 38.3 Å². The van der Waals surface area contributed by atoms with E-state index in [4.69, 9.17) is 0 Å². The summed E-state index contributed by atoms with van der Waals surface area (Å²) >= 11 is 0. The molecule has 0 saturated heterocycles. The minimum Gasteiger partial charge on any atom is -0.0985 e. The minimum atomic E-state index is 0.979. The molecule has 0 N–H and O–H groups in total. The molecule has 0 aromatic carbocycles. The van der Waals surface area contributed by atoms with E-state index in [0.717, 1.165) is 12.0 Å². The molecule has 0 amide bonds. The highest BCUT2D eigenvalue weighted by Gasteiger charge is 1.72. The van der Waals surface area contributed by atoms with Gasteiger partial charge in [0.1, 0.15) is 0 Å². The highest BCUT2D eigenvalue weighted by atomic mass is 13.8. The largest absolute Gasteiger partial charge is 0.0985 e. The molecule has 44 valence electrons. The van der Waals surface area contributed by atoms with E-state index in [1.54, 1.807) is 6.08 Å². The van der Waals surface area contributed by atoms with Crippen LogP contribution >= 0.6 is 0 Å². The first kappa shape index (κ1) is 7.22. The number of hydrogen-bond donors (Lipinski definition) is 0. The third kappa shape index (κ3) is 3.41. The summed E-state index contributed by atoms with van der Waals surface area (Å²) in [6.07, 6.45) is 6.83. The molecule has 0 unspecified atom stereocenters. The molecule has 0 radical (unpaired) electrons. The molecule has 8 heavy (non-hydrogen) atoms. The van der Waals surface area contributed by atoms with Crippen LogP contribution in [-0.4, -0.2) is 0 Å². The van der Waals surface area contributed by atoms with Crippen LogP contribution in [0, 0.1) is 0 Å². The number of rotatable bonds is 3. The molecule has 0 heterocycles. The van der Waals surface area contributed by atoms with Crippen LogP contribution in [0.15, 0.2) is 37.0 Å². The van der Waals surface area contributed by atoms with Crippen LogP contribution < -0.4 is 0 Å². The molecule has 0 atom stereocenters. The van der Waals surface area contributed by atoms with Crippen molar-refractivity contribution in [2.75, 3.05) is 0 Å². The van der Waals surface area contributed by atoms with Gasteiger partial charge in [-0.3, -0.25) is 0 Å². The maximum atomic E-state index is 3.71. The predicted octanol–water partition coefficient (Wildman–Crippen LogP) is 2.69. The maximum Gasteiger partial charge on any atom is -0.0338 e. The summed E-state index contributed by atoms with van der Waals surface area (Å²) in [5, 5.41) is 0. The zero-order valence-electron chi connectivity index (χ0n) is 5.35. The minimum absolute atomic E-state index is 0.979. The number of allylic oxidation sites excluding steroid dienone is 4. The van der Waals surface area contributed by atoms with E-state index in [1.165, 1.54) is 0 Å². The zero-order chi connectivity index (χ0) is 6.41. The van der Waals surface area contributed by atoms with Gasteiger partial charge < -0.3 is 0 Å². The Morgan fingerprint density at radius 2 is 2.25 bits per heavy atom. The highest BCUT2D eigenvalue weighted by Crippen LogP contribution is 1.93. The van der Waals surface area contributed by atoms with Crippen LogP contribution in [0.25, 0.3) is 0 Å². The summed E-state index contributed by atoms with van der Waals surface area (Å²) in [6, 6.07) is 0. The fourth-order valence-electron chi connectivity index (χ4n) is 0.337. The van der Waals surface area contributed by atoms with Gasteiger partial charge in [-0.05, 0) is 12.0 Å². The van der Waals surface area contributed by atoms with Gasteiger partial charge in [0.2, 0.25) is 0 Å².